The minimum atomic E-state index is 0.347. The van der Waals surface area contributed by atoms with E-state index in [9.17, 15) is 4.79 Å². The van der Waals surface area contributed by atoms with Crippen LogP contribution >= 0.6 is 0 Å². The monoisotopic (exact) mass is 432 g/mol. The van der Waals surface area contributed by atoms with Crippen molar-refractivity contribution in [3.63, 3.8) is 0 Å². The van der Waals surface area contributed by atoms with Gasteiger partial charge in [0.05, 0.1) is 0 Å². The van der Waals surface area contributed by atoms with E-state index >= 15 is 0 Å². The van der Waals surface area contributed by atoms with Gasteiger partial charge >= 0.3 is 0 Å². The number of carbonyl (C=O) groups is 1. The number of hydrogen-bond acceptors (Lipinski definition) is 1. The molecule has 0 saturated heterocycles. The molecule has 0 spiro atoms. The van der Waals surface area contributed by atoms with Crippen LogP contribution in [-0.4, -0.2) is 5.78 Å². The molecule has 0 radical (unpaired) electrons. The van der Waals surface area contributed by atoms with Crippen molar-refractivity contribution in [2.24, 2.45) is 0 Å². The first-order valence-electron chi connectivity index (χ1n) is 14.6. The van der Waals surface area contributed by atoms with Gasteiger partial charge in [0.25, 0.3) is 0 Å². The molecule has 0 unspecified atom stereocenters. The van der Waals surface area contributed by atoms with Crippen LogP contribution in [-0.2, 0) is 4.79 Å². The minimum absolute atomic E-state index is 0.347. The summed E-state index contributed by atoms with van der Waals surface area (Å²) < 4.78 is 0. The van der Waals surface area contributed by atoms with Crippen LogP contribution in [0.15, 0.2) is 12.2 Å². The predicted octanol–water partition coefficient (Wildman–Crippen LogP) is 10.7. The third-order valence-electron chi connectivity index (χ3n) is 7.10. The smallest absolute Gasteiger partial charge is 0.155 e. The zero-order valence-corrected chi connectivity index (χ0v) is 21.2. The summed E-state index contributed by atoms with van der Waals surface area (Å²) in [4.78, 5) is 11.9. The van der Waals surface area contributed by atoms with Crippen molar-refractivity contribution in [1.29, 1.82) is 0 Å². The Bertz CT molecular complexity index is 397. The second kappa shape index (κ2) is 24.1. The number of carbonyl (C=O) groups excluding carboxylic acids is 1. The molecule has 1 heteroatoms. The number of hydrogen-bond donors (Lipinski definition) is 0. The van der Waals surface area contributed by atoms with Gasteiger partial charge < -0.3 is 0 Å². The van der Waals surface area contributed by atoms with Crippen molar-refractivity contribution in [1.82, 2.24) is 0 Å². The summed E-state index contributed by atoms with van der Waals surface area (Å²) in [5.74, 6) is 0.347. The number of allylic oxidation sites excluding steroid dienone is 2. The Morgan fingerprint density at radius 2 is 0.613 bits per heavy atom. The van der Waals surface area contributed by atoms with Gasteiger partial charge in [0.15, 0.2) is 5.78 Å². The van der Waals surface area contributed by atoms with Crippen LogP contribution in [0.1, 0.15) is 173 Å². The molecule has 0 heterocycles. The second-order valence-electron chi connectivity index (χ2n) is 10.2. The highest BCUT2D eigenvalue weighted by Gasteiger charge is 1.99. The standard InChI is InChI=1S/C30H56O/c31-30-28-26-24-22-20-18-16-14-12-10-8-6-4-2-1-3-5-7-9-11-13-15-17-19-21-23-25-27-29-30/h26,28H,1-25,27,29H2. The summed E-state index contributed by atoms with van der Waals surface area (Å²) in [5, 5.41) is 0. The van der Waals surface area contributed by atoms with Crippen LogP contribution in [0.25, 0.3) is 0 Å². The van der Waals surface area contributed by atoms with E-state index in [4.69, 9.17) is 0 Å². The summed E-state index contributed by atoms with van der Waals surface area (Å²) in [5.41, 5.74) is 0. The third-order valence-corrected chi connectivity index (χ3v) is 7.10. The van der Waals surface area contributed by atoms with Crippen molar-refractivity contribution in [2.45, 2.75) is 173 Å². The molecule has 182 valence electrons. The lowest BCUT2D eigenvalue weighted by atomic mass is 10.0. The molecule has 1 aliphatic carbocycles. The third kappa shape index (κ3) is 22.4. The molecule has 31 heavy (non-hydrogen) atoms. The lowest BCUT2D eigenvalue weighted by Crippen LogP contribution is -1.92. The SMILES string of the molecule is O=C1C=CCCCCCCCCCCCCCCCCCCCCCCCCCCC1. The van der Waals surface area contributed by atoms with Gasteiger partial charge in [-0.05, 0) is 25.3 Å². The molecule has 0 aromatic heterocycles. The topological polar surface area (TPSA) is 17.1 Å². The Hall–Kier alpha value is -0.590. The van der Waals surface area contributed by atoms with Crippen LogP contribution in [0.3, 0.4) is 0 Å². The van der Waals surface area contributed by atoms with Crippen molar-refractivity contribution in [3.05, 3.63) is 12.2 Å². The van der Waals surface area contributed by atoms with Crippen molar-refractivity contribution < 1.29 is 4.79 Å². The molecule has 0 saturated carbocycles. The van der Waals surface area contributed by atoms with E-state index in [2.05, 4.69) is 6.08 Å². The second-order valence-corrected chi connectivity index (χ2v) is 10.2. The van der Waals surface area contributed by atoms with E-state index in [1.807, 2.05) is 6.08 Å². The number of ketones is 1. The molecular weight excluding hydrogens is 376 g/mol. The Morgan fingerprint density at radius 1 is 0.355 bits per heavy atom. The zero-order valence-electron chi connectivity index (χ0n) is 21.2. The van der Waals surface area contributed by atoms with E-state index < -0.39 is 0 Å². The van der Waals surface area contributed by atoms with Crippen molar-refractivity contribution in [3.8, 4) is 0 Å². The Morgan fingerprint density at radius 3 is 0.935 bits per heavy atom. The Kier molecular flexibility index (Phi) is 22.1. The van der Waals surface area contributed by atoms with E-state index in [1.165, 1.54) is 154 Å². The molecule has 1 aliphatic rings. The molecular formula is C30H56O. The summed E-state index contributed by atoms with van der Waals surface area (Å²) >= 11 is 0. The highest BCUT2D eigenvalue weighted by atomic mass is 16.1. The molecule has 0 N–H and O–H groups in total. The quantitative estimate of drug-likeness (QED) is 0.372. The van der Waals surface area contributed by atoms with Crippen LogP contribution in [0, 0.1) is 0 Å². The van der Waals surface area contributed by atoms with Gasteiger partial charge in [0.2, 0.25) is 0 Å². The van der Waals surface area contributed by atoms with E-state index in [0.29, 0.717) is 5.78 Å². The van der Waals surface area contributed by atoms with Gasteiger partial charge in [-0.3, -0.25) is 4.79 Å². The molecule has 1 rings (SSSR count). The van der Waals surface area contributed by atoms with Crippen LogP contribution in [0.2, 0.25) is 0 Å². The van der Waals surface area contributed by atoms with Crippen LogP contribution in [0.5, 0.6) is 0 Å². The molecule has 0 aromatic carbocycles. The first-order valence-corrected chi connectivity index (χ1v) is 14.6. The molecule has 0 aromatic rings. The average molecular weight is 433 g/mol. The number of rotatable bonds is 0. The summed E-state index contributed by atoms with van der Waals surface area (Å²) in [7, 11) is 0. The van der Waals surface area contributed by atoms with Crippen LogP contribution in [0.4, 0.5) is 0 Å². The van der Waals surface area contributed by atoms with Gasteiger partial charge in [-0.15, -0.1) is 0 Å². The first-order chi connectivity index (χ1) is 15.4. The largest absolute Gasteiger partial charge is 0.295 e. The minimum Gasteiger partial charge on any atom is -0.295 e. The molecule has 1 nitrogen and oxygen atoms in total. The summed E-state index contributed by atoms with van der Waals surface area (Å²) in [6, 6.07) is 0. The van der Waals surface area contributed by atoms with E-state index in [0.717, 1.165) is 19.3 Å². The Balaban J connectivity index is 2.10. The van der Waals surface area contributed by atoms with Gasteiger partial charge in [-0.2, -0.15) is 0 Å². The summed E-state index contributed by atoms with van der Waals surface area (Å²) in [6.07, 6.45) is 40.9. The highest BCUT2D eigenvalue weighted by Crippen LogP contribution is 2.16. The molecule has 0 amide bonds. The maximum Gasteiger partial charge on any atom is 0.155 e. The average Bonchev–Trinajstić information content (AvgIpc) is 2.77. The van der Waals surface area contributed by atoms with Crippen molar-refractivity contribution >= 4 is 5.78 Å². The molecule has 0 bridgehead atoms. The normalized spacial score (nSPS) is 23.2. The van der Waals surface area contributed by atoms with Gasteiger partial charge in [-0.1, -0.05) is 154 Å². The lowest BCUT2D eigenvalue weighted by Gasteiger charge is -2.04. The van der Waals surface area contributed by atoms with E-state index in [1.54, 1.807) is 0 Å². The highest BCUT2D eigenvalue weighted by molar-refractivity contribution is 5.89. The maximum atomic E-state index is 11.9. The van der Waals surface area contributed by atoms with Crippen molar-refractivity contribution in [2.75, 3.05) is 0 Å². The van der Waals surface area contributed by atoms with Gasteiger partial charge in [0.1, 0.15) is 0 Å². The van der Waals surface area contributed by atoms with Gasteiger partial charge in [-0.25, -0.2) is 0 Å². The maximum absolute atomic E-state index is 11.9. The fourth-order valence-corrected chi connectivity index (χ4v) is 4.93. The first kappa shape index (κ1) is 28.4. The molecule has 0 fully saturated rings. The fraction of sp³-hybridized carbons (Fsp3) is 0.900. The fourth-order valence-electron chi connectivity index (χ4n) is 4.93. The zero-order chi connectivity index (χ0) is 22.1. The molecule has 0 aliphatic heterocycles. The molecule has 0 atom stereocenters. The van der Waals surface area contributed by atoms with Crippen LogP contribution < -0.4 is 0 Å². The lowest BCUT2D eigenvalue weighted by molar-refractivity contribution is -0.114. The van der Waals surface area contributed by atoms with Gasteiger partial charge in [0, 0.05) is 6.42 Å². The van der Waals surface area contributed by atoms with E-state index in [-0.39, 0.29) is 0 Å². The Labute approximate surface area is 196 Å². The predicted molar refractivity (Wildman–Crippen MR) is 139 cm³/mol. The summed E-state index contributed by atoms with van der Waals surface area (Å²) in [6.45, 7) is 0.